The normalized spacial score (nSPS) is 10.2. The van der Waals surface area contributed by atoms with Crippen molar-refractivity contribution < 1.29 is 4.79 Å². The van der Waals surface area contributed by atoms with Crippen LogP contribution in [0.2, 0.25) is 0 Å². The summed E-state index contributed by atoms with van der Waals surface area (Å²) >= 11 is 3.37. The SMILES string of the molecule is CCc1ccc(CC(=O)Nc2ccc(Br)cc2)cc1. The van der Waals surface area contributed by atoms with Gasteiger partial charge in [0.15, 0.2) is 0 Å². The highest BCUT2D eigenvalue weighted by Crippen LogP contribution is 2.14. The molecular formula is C16H16BrNO. The Bertz CT molecular complexity index is 546. The molecule has 2 aromatic carbocycles. The van der Waals surface area contributed by atoms with Gasteiger partial charge in [-0.3, -0.25) is 4.79 Å². The van der Waals surface area contributed by atoms with Crippen molar-refractivity contribution in [2.45, 2.75) is 19.8 Å². The molecule has 0 aliphatic rings. The van der Waals surface area contributed by atoms with Gasteiger partial charge < -0.3 is 5.32 Å². The summed E-state index contributed by atoms with van der Waals surface area (Å²) in [5, 5.41) is 2.89. The van der Waals surface area contributed by atoms with Crippen LogP contribution in [0.3, 0.4) is 0 Å². The minimum atomic E-state index is 0.00608. The van der Waals surface area contributed by atoms with Gasteiger partial charge in [0.25, 0.3) is 0 Å². The van der Waals surface area contributed by atoms with E-state index in [4.69, 9.17) is 0 Å². The molecule has 0 bridgehead atoms. The van der Waals surface area contributed by atoms with Gasteiger partial charge >= 0.3 is 0 Å². The topological polar surface area (TPSA) is 29.1 Å². The minimum Gasteiger partial charge on any atom is -0.326 e. The summed E-state index contributed by atoms with van der Waals surface area (Å²) in [6.07, 6.45) is 1.42. The highest BCUT2D eigenvalue weighted by Gasteiger charge is 2.04. The zero-order chi connectivity index (χ0) is 13.7. The number of hydrogen-bond acceptors (Lipinski definition) is 1. The molecule has 0 radical (unpaired) electrons. The lowest BCUT2D eigenvalue weighted by atomic mass is 10.1. The second kappa shape index (κ2) is 6.53. The van der Waals surface area contributed by atoms with Crippen LogP contribution in [0.1, 0.15) is 18.1 Å². The Morgan fingerprint density at radius 1 is 1.00 bits per heavy atom. The van der Waals surface area contributed by atoms with Crippen LogP contribution in [-0.4, -0.2) is 5.91 Å². The van der Waals surface area contributed by atoms with Gasteiger partial charge in [0.1, 0.15) is 0 Å². The minimum absolute atomic E-state index is 0.00608. The number of rotatable bonds is 4. The molecule has 2 aromatic rings. The highest BCUT2D eigenvalue weighted by molar-refractivity contribution is 9.10. The third kappa shape index (κ3) is 4.21. The summed E-state index contributed by atoms with van der Waals surface area (Å²) in [6, 6.07) is 15.7. The molecule has 19 heavy (non-hydrogen) atoms. The molecular weight excluding hydrogens is 302 g/mol. The average molecular weight is 318 g/mol. The van der Waals surface area contributed by atoms with Gasteiger partial charge in [-0.1, -0.05) is 47.1 Å². The molecule has 0 unspecified atom stereocenters. The molecule has 98 valence electrons. The number of carbonyl (C=O) groups is 1. The maximum atomic E-state index is 11.9. The van der Waals surface area contributed by atoms with E-state index in [1.165, 1.54) is 5.56 Å². The van der Waals surface area contributed by atoms with Gasteiger partial charge in [-0.25, -0.2) is 0 Å². The first-order valence-electron chi connectivity index (χ1n) is 6.30. The lowest BCUT2D eigenvalue weighted by Gasteiger charge is -2.06. The number of aryl methyl sites for hydroxylation is 1. The summed E-state index contributed by atoms with van der Waals surface area (Å²) in [7, 11) is 0. The number of halogens is 1. The van der Waals surface area contributed by atoms with E-state index in [2.05, 4.69) is 40.3 Å². The Hall–Kier alpha value is -1.61. The molecule has 0 saturated heterocycles. The van der Waals surface area contributed by atoms with Crippen molar-refractivity contribution in [1.29, 1.82) is 0 Å². The van der Waals surface area contributed by atoms with Crippen LogP contribution in [0, 0.1) is 0 Å². The lowest BCUT2D eigenvalue weighted by Crippen LogP contribution is -2.14. The molecule has 0 heterocycles. The number of nitrogens with one attached hydrogen (secondary N) is 1. The fourth-order valence-corrected chi connectivity index (χ4v) is 2.08. The van der Waals surface area contributed by atoms with Gasteiger partial charge in [0, 0.05) is 10.2 Å². The second-order valence-electron chi connectivity index (χ2n) is 4.40. The van der Waals surface area contributed by atoms with Crippen molar-refractivity contribution in [1.82, 2.24) is 0 Å². The van der Waals surface area contributed by atoms with Crippen molar-refractivity contribution in [3.63, 3.8) is 0 Å². The molecule has 0 spiro atoms. The molecule has 0 fully saturated rings. The highest BCUT2D eigenvalue weighted by atomic mass is 79.9. The Morgan fingerprint density at radius 3 is 2.16 bits per heavy atom. The van der Waals surface area contributed by atoms with E-state index in [0.717, 1.165) is 22.1 Å². The van der Waals surface area contributed by atoms with E-state index in [1.54, 1.807) is 0 Å². The largest absolute Gasteiger partial charge is 0.326 e. The predicted octanol–water partition coefficient (Wildman–Crippen LogP) is 4.19. The fourth-order valence-electron chi connectivity index (χ4n) is 1.82. The molecule has 0 atom stereocenters. The molecule has 2 nitrogen and oxygen atoms in total. The Balaban J connectivity index is 1.95. The standard InChI is InChI=1S/C16H16BrNO/c1-2-12-3-5-13(6-4-12)11-16(19)18-15-9-7-14(17)8-10-15/h3-10H,2,11H2,1H3,(H,18,19). The first-order chi connectivity index (χ1) is 9.17. The van der Waals surface area contributed by atoms with Gasteiger partial charge in [-0.2, -0.15) is 0 Å². The average Bonchev–Trinajstić information content (AvgIpc) is 2.42. The van der Waals surface area contributed by atoms with Crippen LogP contribution in [0.4, 0.5) is 5.69 Å². The first-order valence-corrected chi connectivity index (χ1v) is 7.10. The van der Waals surface area contributed by atoms with E-state index >= 15 is 0 Å². The van der Waals surface area contributed by atoms with Gasteiger partial charge in [0.2, 0.25) is 5.91 Å². The summed E-state index contributed by atoms with van der Waals surface area (Å²) < 4.78 is 1.00. The third-order valence-corrected chi connectivity index (χ3v) is 3.45. The Morgan fingerprint density at radius 2 is 1.58 bits per heavy atom. The van der Waals surface area contributed by atoms with Crippen LogP contribution in [0.5, 0.6) is 0 Å². The molecule has 3 heteroatoms. The smallest absolute Gasteiger partial charge is 0.228 e. The van der Waals surface area contributed by atoms with Crippen molar-refractivity contribution in [3.05, 3.63) is 64.1 Å². The van der Waals surface area contributed by atoms with Gasteiger partial charge in [-0.15, -0.1) is 0 Å². The third-order valence-electron chi connectivity index (χ3n) is 2.92. The molecule has 1 amide bonds. The van der Waals surface area contributed by atoms with E-state index in [-0.39, 0.29) is 5.91 Å². The van der Waals surface area contributed by atoms with E-state index in [1.807, 2.05) is 36.4 Å². The van der Waals surface area contributed by atoms with Gasteiger partial charge in [0.05, 0.1) is 6.42 Å². The van der Waals surface area contributed by atoms with Crippen molar-refractivity contribution in [3.8, 4) is 0 Å². The number of hydrogen-bond donors (Lipinski definition) is 1. The number of carbonyl (C=O) groups excluding carboxylic acids is 1. The summed E-state index contributed by atoms with van der Waals surface area (Å²) in [4.78, 5) is 11.9. The van der Waals surface area contributed by atoms with E-state index in [0.29, 0.717) is 6.42 Å². The molecule has 2 rings (SSSR count). The van der Waals surface area contributed by atoms with Gasteiger partial charge in [-0.05, 0) is 41.8 Å². The van der Waals surface area contributed by atoms with Crippen molar-refractivity contribution >= 4 is 27.5 Å². The summed E-state index contributed by atoms with van der Waals surface area (Å²) in [5.41, 5.74) is 3.14. The fraction of sp³-hybridized carbons (Fsp3) is 0.188. The second-order valence-corrected chi connectivity index (χ2v) is 5.32. The Labute approximate surface area is 122 Å². The van der Waals surface area contributed by atoms with E-state index < -0.39 is 0 Å². The predicted molar refractivity (Wildman–Crippen MR) is 82.3 cm³/mol. The Kier molecular flexibility index (Phi) is 4.74. The molecule has 0 saturated carbocycles. The zero-order valence-electron chi connectivity index (χ0n) is 10.8. The van der Waals surface area contributed by atoms with Crippen LogP contribution in [0.25, 0.3) is 0 Å². The first kappa shape index (κ1) is 13.8. The monoisotopic (exact) mass is 317 g/mol. The quantitative estimate of drug-likeness (QED) is 0.900. The van der Waals surface area contributed by atoms with E-state index in [9.17, 15) is 4.79 Å². The summed E-state index contributed by atoms with van der Waals surface area (Å²) in [6.45, 7) is 2.12. The maximum absolute atomic E-state index is 11.9. The van der Waals surface area contributed by atoms with Crippen LogP contribution in [0.15, 0.2) is 53.0 Å². The number of amides is 1. The molecule has 0 aromatic heterocycles. The van der Waals surface area contributed by atoms with Crippen LogP contribution < -0.4 is 5.32 Å². The number of benzene rings is 2. The van der Waals surface area contributed by atoms with Crippen LogP contribution >= 0.6 is 15.9 Å². The zero-order valence-corrected chi connectivity index (χ0v) is 12.4. The van der Waals surface area contributed by atoms with Crippen molar-refractivity contribution in [2.75, 3.05) is 5.32 Å². The van der Waals surface area contributed by atoms with Crippen molar-refractivity contribution in [2.24, 2.45) is 0 Å². The number of anilines is 1. The molecule has 0 aliphatic heterocycles. The van der Waals surface area contributed by atoms with Crippen LogP contribution in [-0.2, 0) is 17.6 Å². The maximum Gasteiger partial charge on any atom is 0.228 e. The lowest BCUT2D eigenvalue weighted by molar-refractivity contribution is -0.115. The molecule has 0 aliphatic carbocycles. The molecule has 1 N–H and O–H groups in total. The summed E-state index contributed by atoms with van der Waals surface area (Å²) in [5.74, 6) is 0.00608.